The number of ether oxygens (including phenoxy) is 1. The fraction of sp³-hybridized carbons (Fsp3) is 0.269. The first-order valence-electron chi connectivity index (χ1n) is 12.3. The summed E-state index contributed by atoms with van der Waals surface area (Å²) in [4.78, 5) is 32.7. The number of nitrogens with one attached hydrogen (secondary N) is 1. The lowest BCUT2D eigenvalue weighted by Gasteiger charge is -2.45. The van der Waals surface area contributed by atoms with Gasteiger partial charge in [-0.3, -0.25) is 9.67 Å². The third-order valence-electron chi connectivity index (χ3n) is 6.95. The van der Waals surface area contributed by atoms with E-state index in [0.29, 0.717) is 59.4 Å². The number of likely N-dealkylation sites (tertiary alicyclic amines) is 2. The van der Waals surface area contributed by atoms with Crippen molar-refractivity contribution in [1.29, 1.82) is 0 Å². The minimum Gasteiger partial charge on any atom is -0.456 e. The van der Waals surface area contributed by atoms with Crippen LogP contribution in [0.5, 0.6) is 11.5 Å². The second-order valence-electron chi connectivity index (χ2n) is 9.71. The number of halogens is 1. The molecule has 2 aromatic carbocycles. The summed E-state index contributed by atoms with van der Waals surface area (Å²) in [5.74, 6) is 1.94. The molecule has 11 nitrogen and oxygen atoms in total. The van der Waals surface area contributed by atoms with Crippen LogP contribution in [0, 0.1) is 6.92 Å². The van der Waals surface area contributed by atoms with Crippen molar-refractivity contribution in [3.63, 3.8) is 0 Å². The van der Waals surface area contributed by atoms with E-state index in [-0.39, 0.29) is 12.1 Å². The Balaban J connectivity index is 1.10. The molecule has 0 radical (unpaired) electrons. The summed E-state index contributed by atoms with van der Waals surface area (Å²) in [7, 11) is 0. The summed E-state index contributed by atoms with van der Waals surface area (Å²) in [6, 6.07) is 9.29. The van der Waals surface area contributed by atoms with Crippen LogP contribution in [0.15, 0.2) is 48.9 Å². The molecule has 2 aliphatic heterocycles. The van der Waals surface area contributed by atoms with Gasteiger partial charge >= 0.3 is 6.03 Å². The SMILES string of the molecule is Cc1nc2ccc(Oc3ccc4ncc(-c5cnn(C6CN(C(=O)N7CC(O)C7)C6)c5)nc4c3Cl)cc2[nH]1. The first-order valence-corrected chi connectivity index (χ1v) is 12.6. The summed E-state index contributed by atoms with van der Waals surface area (Å²) in [6.07, 6.45) is 4.94. The van der Waals surface area contributed by atoms with Crippen LogP contribution in [0.3, 0.4) is 0 Å². The number of hydrogen-bond acceptors (Lipinski definition) is 7. The molecule has 3 aromatic heterocycles. The van der Waals surface area contributed by atoms with Crippen molar-refractivity contribution < 1.29 is 14.6 Å². The molecule has 12 heteroatoms. The average Bonchev–Trinajstić information content (AvgIpc) is 3.48. The minimum absolute atomic E-state index is 0.0356. The smallest absolute Gasteiger partial charge is 0.320 e. The highest BCUT2D eigenvalue weighted by Gasteiger charge is 2.38. The van der Waals surface area contributed by atoms with E-state index in [4.69, 9.17) is 21.3 Å². The fourth-order valence-corrected chi connectivity index (χ4v) is 5.05. The number of aliphatic hydroxyl groups excluding tert-OH is 1. The monoisotopic (exact) mass is 530 g/mol. The van der Waals surface area contributed by atoms with Gasteiger partial charge in [-0.2, -0.15) is 5.10 Å². The van der Waals surface area contributed by atoms with Crippen LogP contribution in [0.2, 0.25) is 5.02 Å². The van der Waals surface area contributed by atoms with Crippen LogP contribution in [-0.2, 0) is 0 Å². The van der Waals surface area contributed by atoms with E-state index in [1.807, 2.05) is 42.1 Å². The van der Waals surface area contributed by atoms with Gasteiger partial charge in [-0.15, -0.1) is 0 Å². The topological polar surface area (TPSA) is 125 Å². The van der Waals surface area contributed by atoms with E-state index in [0.717, 1.165) is 22.4 Å². The molecule has 5 aromatic rings. The third kappa shape index (κ3) is 3.91. The molecule has 5 heterocycles. The van der Waals surface area contributed by atoms with E-state index in [2.05, 4.69) is 20.1 Å². The Labute approximate surface area is 221 Å². The molecular formula is C26H23ClN8O3. The number of imidazole rings is 1. The third-order valence-corrected chi connectivity index (χ3v) is 7.32. The molecule has 7 rings (SSSR count). The van der Waals surface area contributed by atoms with E-state index >= 15 is 0 Å². The second-order valence-corrected chi connectivity index (χ2v) is 10.1. The molecule has 2 aliphatic rings. The quantitative estimate of drug-likeness (QED) is 0.362. The lowest BCUT2D eigenvalue weighted by Crippen LogP contribution is -2.62. The second kappa shape index (κ2) is 8.67. The molecular weight excluding hydrogens is 508 g/mol. The fourth-order valence-electron chi connectivity index (χ4n) is 4.81. The molecule has 2 fully saturated rings. The number of aryl methyl sites for hydroxylation is 1. The van der Waals surface area contributed by atoms with Gasteiger partial charge < -0.3 is 24.6 Å². The van der Waals surface area contributed by atoms with Gasteiger partial charge in [-0.1, -0.05) is 11.6 Å². The predicted molar refractivity (Wildman–Crippen MR) is 140 cm³/mol. The van der Waals surface area contributed by atoms with Gasteiger partial charge in [-0.05, 0) is 31.2 Å². The van der Waals surface area contributed by atoms with Gasteiger partial charge in [-0.25, -0.2) is 14.8 Å². The van der Waals surface area contributed by atoms with Crippen LogP contribution in [-0.4, -0.2) is 82.9 Å². The highest BCUT2D eigenvalue weighted by atomic mass is 35.5. The largest absolute Gasteiger partial charge is 0.456 e. The van der Waals surface area contributed by atoms with E-state index in [1.54, 1.807) is 28.3 Å². The number of benzene rings is 2. The number of hydrogen-bond donors (Lipinski definition) is 2. The van der Waals surface area contributed by atoms with Gasteiger partial charge in [0.1, 0.15) is 27.9 Å². The van der Waals surface area contributed by atoms with Crippen molar-refractivity contribution in [1.82, 2.24) is 39.5 Å². The van der Waals surface area contributed by atoms with Crippen molar-refractivity contribution in [2.75, 3.05) is 26.2 Å². The minimum atomic E-state index is -0.403. The first-order chi connectivity index (χ1) is 18.4. The predicted octanol–water partition coefficient (Wildman–Crippen LogP) is 3.78. The highest BCUT2D eigenvalue weighted by molar-refractivity contribution is 6.36. The standard InChI is InChI=1S/C26H23ClN8O3/c1-14-30-19-3-2-18(6-21(19)31-14)38-23-5-4-20-25(24(23)27)32-22(8-28-20)15-7-29-35(9-15)16-10-33(11-16)26(37)34-12-17(36)13-34/h2-9,16-17,36H,10-13H2,1H3,(H,30,31). The number of aliphatic hydroxyl groups is 1. The Bertz CT molecular complexity index is 1700. The molecule has 0 unspecified atom stereocenters. The number of urea groups is 1. The van der Waals surface area contributed by atoms with Crippen molar-refractivity contribution in [3.05, 3.63) is 59.8 Å². The van der Waals surface area contributed by atoms with Crippen molar-refractivity contribution in [2.24, 2.45) is 0 Å². The molecule has 192 valence electrons. The highest BCUT2D eigenvalue weighted by Crippen LogP contribution is 2.36. The van der Waals surface area contributed by atoms with E-state index in [9.17, 15) is 9.90 Å². The summed E-state index contributed by atoms with van der Waals surface area (Å²) in [5, 5.41) is 14.3. The molecule has 0 atom stereocenters. The zero-order valence-corrected chi connectivity index (χ0v) is 21.1. The first kappa shape index (κ1) is 22.9. The van der Waals surface area contributed by atoms with Crippen LogP contribution in [0.25, 0.3) is 33.3 Å². The van der Waals surface area contributed by atoms with Gasteiger partial charge in [0, 0.05) is 30.9 Å². The number of carbonyl (C=O) groups is 1. The Morgan fingerprint density at radius 2 is 1.87 bits per heavy atom. The van der Waals surface area contributed by atoms with Gasteiger partial charge in [0.25, 0.3) is 0 Å². The van der Waals surface area contributed by atoms with Crippen molar-refractivity contribution in [3.8, 4) is 22.8 Å². The molecule has 2 saturated heterocycles. The molecule has 2 amide bonds. The van der Waals surface area contributed by atoms with Crippen molar-refractivity contribution >= 4 is 39.7 Å². The van der Waals surface area contributed by atoms with Gasteiger partial charge in [0.2, 0.25) is 0 Å². The molecule has 0 aliphatic carbocycles. The molecule has 0 bridgehead atoms. The van der Waals surface area contributed by atoms with Crippen LogP contribution >= 0.6 is 11.6 Å². The van der Waals surface area contributed by atoms with Crippen LogP contribution in [0.1, 0.15) is 11.9 Å². The number of rotatable bonds is 4. The molecule has 0 spiro atoms. The molecule has 0 saturated carbocycles. The Morgan fingerprint density at radius 1 is 1.08 bits per heavy atom. The van der Waals surface area contributed by atoms with Crippen molar-refractivity contribution in [2.45, 2.75) is 19.1 Å². The Kier molecular flexibility index (Phi) is 5.24. The zero-order valence-electron chi connectivity index (χ0n) is 20.4. The van der Waals surface area contributed by atoms with E-state index < -0.39 is 6.10 Å². The lowest BCUT2D eigenvalue weighted by molar-refractivity contribution is 0.00194. The van der Waals surface area contributed by atoms with Crippen LogP contribution < -0.4 is 4.74 Å². The number of aromatic amines is 1. The number of carbonyl (C=O) groups excluding carboxylic acids is 1. The lowest BCUT2D eigenvalue weighted by atomic mass is 10.1. The van der Waals surface area contributed by atoms with Crippen LogP contribution in [0.4, 0.5) is 4.79 Å². The maximum Gasteiger partial charge on any atom is 0.320 e. The maximum absolute atomic E-state index is 12.4. The normalized spacial score (nSPS) is 16.2. The zero-order chi connectivity index (χ0) is 26.0. The molecule has 2 N–H and O–H groups in total. The summed E-state index contributed by atoms with van der Waals surface area (Å²) in [6.45, 7) is 3.87. The summed E-state index contributed by atoms with van der Waals surface area (Å²) >= 11 is 6.73. The Morgan fingerprint density at radius 3 is 2.68 bits per heavy atom. The maximum atomic E-state index is 12.4. The number of H-pyrrole nitrogens is 1. The molecule has 38 heavy (non-hydrogen) atoms. The van der Waals surface area contributed by atoms with E-state index in [1.165, 1.54) is 0 Å². The number of β-amino-alcohol motifs (C(OH)–C–C–N with tert-alkyl or cyclic N) is 1. The number of fused-ring (bicyclic) bond motifs is 2. The summed E-state index contributed by atoms with van der Waals surface area (Å²) in [5.41, 5.74) is 4.38. The average molecular weight is 531 g/mol. The van der Waals surface area contributed by atoms with Gasteiger partial charge in [0.15, 0.2) is 0 Å². The van der Waals surface area contributed by atoms with Gasteiger partial charge in [0.05, 0.1) is 59.9 Å². The number of aromatic nitrogens is 6. The number of amides is 2. The number of nitrogens with zero attached hydrogens (tertiary/aromatic N) is 7. The Hall–Kier alpha value is -4.22. The summed E-state index contributed by atoms with van der Waals surface area (Å²) < 4.78 is 7.94.